The van der Waals surface area contributed by atoms with Crippen molar-refractivity contribution < 1.29 is 0 Å². The number of thioether (sulfide) groups is 1. The summed E-state index contributed by atoms with van der Waals surface area (Å²) in [6.07, 6.45) is 6.13. The van der Waals surface area contributed by atoms with Gasteiger partial charge in [0.25, 0.3) is 0 Å². The van der Waals surface area contributed by atoms with Gasteiger partial charge in [0.15, 0.2) is 0 Å². The molecule has 0 radical (unpaired) electrons. The molecule has 1 aliphatic rings. The van der Waals surface area contributed by atoms with Gasteiger partial charge < -0.3 is 5.32 Å². The van der Waals surface area contributed by atoms with E-state index in [9.17, 15) is 0 Å². The van der Waals surface area contributed by atoms with Crippen LogP contribution >= 0.6 is 23.1 Å². The summed E-state index contributed by atoms with van der Waals surface area (Å²) in [6.45, 7) is 4.35. The van der Waals surface area contributed by atoms with Crippen LogP contribution in [0.5, 0.6) is 0 Å². The number of aryl methyl sites for hydroxylation is 1. The first-order chi connectivity index (χ1) is 7.26. The second kappa shape index (κ2) is 4.85. The Kier molecular flexibility index (Phi) is 3.69. The first-order valence-electron chi connectivity index (χ1n) is 5.41. The molecule has 4 heteroatoms. The lowest BCUT2D eigenvalue weighted by atomic mass is 10.3. The van der Waals surface area contributed by atoms with E-state index in [2.05, 4.69) is 23.5 Å². The van der Waals surface area contributed by atoms with Gasteiger partial charge in [0, 0.05) is 22.7 Å². The second-order valence-corrected chi connectivity index (χ2v) is 6.39. The van der Waals surface area contributed by atoms with Crippen LogP contribution in [-0.2, 0) is 6.42 Å². The van der Waals surface area contributed by atoms with E-state index in [0.29, 0.717) is 4.75 Å². The predicted octanol–water partition coefficient (Wildman–Crippen LogP) is 2.48. The van der Waals surface area contributed by atoms with Gasteiger partial charge in [-0.1, -0.05) is 0 Å². The van der Waals surface area contributed by atoms with Crippen molar-refractivity contribution in [2.75, 3.05) is 19.3 Å². The highest BCUT2D eigenvalue weighted by Crippen LogP contribution is 2.46. The first kappa shape index (κ1) is 11.4. The lowest BCUT2D eigenvalue weighted by Crippen LogP contribution is -2.27. The lowest BCUT2D eigenvalue weighted by Gasteiger charge is -2.12. The third kappa shape index (κ3) is 2.95. The average Bonchev–Trinajstić information content (AvgIpc) is 2.92. The molecule has 0 atom stereocenters. The van der Waals surface area contributed by atoms with E-state index in [-0.39, 0.29) is 0 Å². The molecule has 0 saturated heterocycles. The molecule has 0 spiro atoms. The monoisotopic (exact) mass is 242 g/mol. The molecule has 2 nitrogen and oxygen atoms in total. The number of nitrogens with one attached hydrogen (secondary N) is 1. The zero-order chi connectivity index (χ0) is 10.7. The molecule has 1 fully saturated rings. The van der Waals surface area contributed by atoms with Crippen molar-refractivity contribution in [3.05, 3.63) is 16.1 Å². The molecule has 1 aromatic rings. The summed E-state index contributed by atoms with van der Waals surface area (Å²) < 4.78 is 0.586. The van der Waals surface area contributed by atoms with Gasteiger partial charge in [-0.2, -0.15) is 11.8 Å². The van der Waals surface area contributed by atoms with Crippen molar-refractivity contribution in [1.82, 2.24) is 10.3 Å². The molecule has 1 N–H and O–H groups in total. The van der Waals surface area contributed by atoms with Crippen LogP contribution in [0.2, 0.25) is 0 Å². The maximum atomic E-state index is 4.26. The minimum atomic E-state index is 0.586. The lowest BCUT2D eigenvalue weighted by molar-refractivity contribution is 0.661. The summed E-state index contributed by atoms with van der Waals surface area (Å²) in [5.74, 6) is 0. The molecule has 1 aliphatic carbocycles. The van der Waals surface area contributed by atoms with Gasteiger partial charge in [-0.15, -0.1) is 11.3 Å². The van der Waals surface area contributed by atoms with E-state index in [0.717, 1.165) is 13.0 Å². The summed E-state index contributed by atoms with van der Waals surface area (Å²) >= 11 is 3.79. The summed E-state index contributed by atoms with van der Waals surface area (Å²) in [7, 11) is 0. The summed E-state index contributed by atoms with van der Waals surface area (Å²) in [5.41, 5.74) is 3.14. The number of aromatic nitrogens is 1. The Morgan fingerprint density at radius 3 is 2.93 bits per heavy atom. The molecule has 84 valence electrons. The fourth-order valence-corrected chi connectivity index (χ4v) is 3.21. The molecule has 0 aliphatic heterocycles. The van der Waals surface area contributed by atoms with Gasteiger partial charge in [0.2, 0.25) is 0 Å². The predicted molar refractivity (Wildman–Crippen MR) is 68.9 cm³/mol. The van der Waals surface area contributed by atoms with Gasteiger partial charge in [-0.25, -0.2) is 4.98 Å². The van der Waals surface area contributed by atoms with Gasteiger partial charge in [-0.05, 0) is 32.4 Å². The van der Waals surface area contributed by atoms with Crippen LogP contribution in [0.25, 0.3) is 0 Å². The summed E-state index contributed by atoms with van der Waals surface area (Å²) in [6, 6.07) is 0. The number of nitrogens with zero attached hydrogens (tertiary/aromatic N) is 1. The Morgan fingerprint density at radius 1 is 1.60 bits per heavy atom. The molecular formula is C11H18N2S2. The van der Waals surface area contributed by atoms with Crippen LogP contribution in [0.1, 0.15) is 23.4 Å². The quantitative estimate of drug-likeness (QED) is 0.776. The summed E-state index contributed by atoms with van der Waals surface area (Å²) in [5, 5.41) is 3.56. The van der Waals surface area contributed by atoms with E-state index in [1.165, 1.54) is 30.0 Å². The first-order valence-corrected chi connectivity index (χ1v) is 7.51. The third-order valence-electron chi connectivity index (χ3n) is 3.06. The SMILES string of the molecule is CSC1(CNCCc2scnc2C)CC1. The minimum Gasteiger partial charge on any atom is -0.315 e. The zero-order valence-corrected chi connectivity index (χ0v) is 11.0. The fraction of sp³-hybridized carbons (Fsp3) is 0.727. The van der Waals surface area contributed by atoms with Crippen LogP contribution < -0.4 is 5.32 Å². The second-order valence-electron chi connectivity index (χ2n) is 4.17. The number of thiazole rings is 1. The smallest absolute Gasteiger partial charge is 0.0797 e. The Morgan fingerprint density at radius 2 is 2.40 bits per heavy atom. The molecule has 2 rings (SSSR count). The molecule has 1 saturated carbocycles. The van der Waals surface area contributed by atoms with Crippen molar-refractivity contribution in [3.63, 3.8) is 0 Å². The van der Waals surface area contributed by atoms with Crippen molar-refractivity contribution in [2.45, 2.75) is 30.9 Å². The van der Waals surface area contributed by atoms with Gasteiger partial charge in [0.1, 0.15) is 0 Å². The maximum Gasteiger partial charge on any atom is 0.0797 e. The Hall–Kier alpha value is -0.0600. The topological polar surface area (TPSA) is 24.9 Å². The molecule has 1 heterocycles. The van der Waals surface area contributed by atoms with Crippen LogP contribution in [0, 0.1) is 6.92 Å². The largest absolute Gasteiger partial charge is 0.315 e. The average molecular weight is 242 g/mol. The van der Waals surface area contributed by atoms with Gasteiger partial charge >= 0.3 is 0 Å². The van der Waals surface area contributed by atoms with Crippen LogP contribution in [0.3, 0.4) is 0 Å². The van der Waals surface area contributed by atoms with E-state index in [1.807, 2.05) is 17.3 Å². The normalized spacial score (nSPS) is 18.0. The summed E-state index contributed by atoms with van der Waals surface area (Å²) in [4.78, 5) is 5.69. The highest BCUT2D eigenvalue weighted by atomic mass is 32.2. The highest BCUT2D eigenvalue weighted by Gasteiger charge is 2.41. The van der Waals surface area contributed by atoms with Crippen molar-refractivity contribution in [2.24, 2.45) is 0 Å². The number of hydrogen-bond donors (Lipinski definition) is 1. The number of rotatable bonds is 6. The van der Waals surface area contributed by atoms with Gasteiger partial charge in [-0.3, -0.25) is 0 Å². The molecule has 1 aromatic heterocycles. The van der Waals surface area contributed by atoms with Crippen molar-refractivity contribution in [3.8, 4) is 0 Å². The molecular weight excluding hydrogens is 224 g/mol. The van der Waals surface area contributed by atoms with Crippen LogP contribution in [0.4, 0.5) is 0 Å². The van der Waals surface area contributed by atoms with E-state index >= 15 is 0 Å². The fourth-order valence-electron chi connectivity index (χ4n) is 1.68. The molecule has 0 amide bonds. The Labute approximate surface area is 99.9 Å². The molecule has 0 unspecified atom stereocenters. The Bertz CT molecular complexity index is 318. The van der Waals surface area contributed by atoms with Crippen molar-refractivity contribution in [1.29, 1.82) is 0 Å². The standard InChI is InChI=1S/C11H18N2S2/c1-9-10(15-8-13-9)3-6-12-7-11(14-2)4-5-11/h8,12H,3-7H2,1-2H3. The number of hydrogen-bond acceptors (Lipinski definition) is 4. The van der Waals surface area contributed by atoms with E-state index in [1.54, 1.807) is 11.3 Å². The zero-order valence-electron chi connectivity index (χ0n) is 9.38. The third-order valence-corrected chi connectivity index (χ3v) is 5.48. The van der Waals surface area contributed by atoms with Crippen molar-refractivity contribution >= 4 is 23.1 Å². The van der Waals surface area contributed by atoms with E-state index in [4.69, 9.17) is 0 Å². The maximum absolute atomic E-state index is 4.26. The van der Waals surface area contributed by atoms with E-state index < -0.39 is 0 Å². The molecule has 15 heavy (non-hydrogen) atoms. The minimum absolute atomic E-state index is 0.586. The molecule has 0 bridgehead atoms. The van der Waals surface area contributed by atoms with Crippen LogP contribution in [-0.4, -0.2) is 29.1 Å². The van der Waals surface area contributed by atoms with Gasteiger partial charge in [0.05, 0.1) is 11.2 Å². The molecule has 0 aromatic carbocycles. The highest BCUT2D eigenvalue weighted by molar-refractivity contribution is 8.00. The Balaban J connectivity index is 1.65. The van der Waals surface area contributed by atoms with Crippen LogP contribution in [0.15, 0.2) is 5.51 Å².